The van der Waals surface area contributed by atoms with Gasteiger partial charge in [0.25, 0.3) is 0 Å². The molecule has 2 fully saturated rings. The molecule has 0 radical (unpaired) electrons. The summed E-state index contributed by atoms with van der Waals surface area (Å²) in [5, 5.41) is 0. The Hall–Kier alpha value is -1.94. The molecule has 4 heteroatoms. The zero-order valence-electron chi connectivity index (χ0n) is 13.6. The van der Waals surface area contributed by atoms with Gasteiger partial charge in [-0.05, 0) is 30.9 Å². The number of benzene rings is 1. The average Bonchev–Trinajstić information content (AvgIpc) is 3.47. The molecule has 0 amide bonds. The highest BCUT2D eigenvalue weighted by molar-refractivity contribution is 5.38. The Labute approximate surface area is 138 Å². The summed E-state index contributed by atoms with van der Waals surface area (Å²) < 4.78 is 0. The topological polar surface area (TPSA) is 32.3 Å². The van der Waals surface area contributed by atoms with E-state index in [-0.39, 0.29) is 0 Å². The second-order valence-corrected chi connectivity index (χ2v) is 6.61. The van der Waals surface area contributed by atoms with E-state index in [1.165, 1.54) is 18.4 Å². The molecule has 23 heavy (non-hydrogen) atoms. The zero-order valence-corrected chi connectivity index (χ0v) is 13.6. The lowest BCUT2D eigenvalue weighted by molar-refractivity contribution is 0.260. The van der Waals surface area contributed by atoms with Crippen molar-refractivity contribution in [1.29, 1.82) is 0 Å². The molecular weight excluding hydrogens is 284 g/mol. The summed E-state index contributed by atoms with van der Waals surface area (Å²) in [6.07, 6.45) is 5.59. The largest absolute Gasteiger partial charge is 0.354 e. The number of piperazine rings is 1. The maximum absolute atomic E-state index is 4.77. The SMILES string of the molecule is c1ccc(CCN2CCN(c3ccnc(C4CC4)n3)CC2)cc1. The van der Waals surface area contributed by atoms with Crippen LogP contribution in [0.5, 0.6) is 0 Å². The molecule has 0 bridgehead atoms. The van der Waals surface area contributed by atoms with Gasteiger partial charge in [-0.3, -0.25) is 4.90 Å². The molecule has 1 aliphatic carbocycles. The Bertz CT molecular complexity index is 631. The summed E-state index contributed by atoms with van der Waals surface area (Å²) in [5.41, 5.74) is 1.43. The first kappa shape index (κ1) is 14.6. The molecule has 0 unspecified atom stereocenters. The van der Waals surface area contributed by atoms with Crippen molar-refractivity contribution in [1.82, 2.24) is 14.9 Å². The molecule has 4 rings (SSSR count). The minimum atomic E-state index is 0.627. The Morgan fingerprint density at radius 2 is 1.74 bits per heavy atom. The highest BCUT2D eigenvalue weighted by Gasteiger charge is 2.27. The van der Waals surface area contributed by atoms with Crippen LogP contribution in [0.3, 0.4) is 0 Å². The normalized spacial score (nSPS) is 19.0. The van der Waals surface area contributed by atoms with Gasteiger partial charge in [0.1, 0.15) is 11.6 Å². The molecule has 2 heterocycles. The van der Waals surface area contributed by atoms with Crippen LogP contribution in [0, 0.1) is 0 Å². The van der Waals surface area contributed by atoms with Gasteiger partial charge in [0, 0.05) is 44.8 Å². The van der Waals surface area contributed by atoms with Crippen LogP contribution in [0.25, 0.3) is 0 Å². The third-order valence-corrected chi connectivity index (χ3v) is 4.86. The van der Waals surface area contributed by atoms with Gasteiger partial charge in [0.05, 0.1) is 0 Å². The molecule has 0 N–H and O–H groups in total. The van der Waals surface area contributed by atoms with Gasteiger partial charge in [-0.1, -0.05) is 30.3 Å². The first-order valence-corrected chi connectivity index (χ1v) is 8.73. The summed E-state index contributed by atoms with van der Waals surface area (Å²) >= 11 is 0. The fourth-order valence-corrected chi connectivity index (χ4v) is 3.21. The van der Waals surface area contributed by atoms with Gasteiger partial charge in [0.15, 0.2) is 0 Å². The van der Waals surface area contributed by atoms with Gasteiger partial charge in [0.2, 0.25) is 0 Å². The molecular formula is C19H24N4. The van der Waals surface area contributed by atoms with Crippen LogP contribution in [0.2, 0.25) is 0 Å². The third kappa shape index (κ3) is 3.70. The van der Waals surface area contributed by atoms with Crippen LogP contribution in [0.1, 0.15) is 30.1 Å². The van der Waals surface area contributed by atoms with Gasteiger partial charge < -0.3 is 4.90 Å². The monoisotopic (exact) mass is 308 g/mol. The van der Waals surface area contributed by atoms with E-state index < -0.39 is 0 Å². The molecule has 120 valence electrons. The lowest BCUT2D eigenvalue weighted by Crippen LogP contribution is -2.47. The van der Waals surface area contributed by atoms with E-state index in [4.69, 9.17) is 4.98 Å². The van der Waals surface area contributed by atoms with E-state index in [2.05, 4.69) is 51.2 Å². The Morgan fingerprint density at radius 3 is 2.48 bits per heavy atom. The van der Waals surface area contributed by atoms with Crippen molar-refractivity contribution in [2.24, 2.45) is 0 Å². The zero-order chi connectivity index (χ0) is 15.5. The first-order valence-electron chi connectivity index (χ1n) is 8.73. The van der Waals surface area contributed by atoms with Gasteiger partial charge in [-0.15, -0.1) is 0 Å². The molecule has 2 aromatic rings. The van der Waals surface area contributed by atoms with Gasteiger partial charge in [-0.2, -0.15) is 0 Å². The maximum Gasteiger partial charge on any atom is 0.133 e. The highest BCUT2D eigenvalue weighted by atomic mass is 15.3. The molecule has 1 saturated carbocycles. The number of hydrogen-bond acceptors (Lipinski definition) is 4. The van der Waals surface area contributed by atoms with Crippen molar-refractivity contribution >= 4 is 5.82 Å². The van der Waals surface area contributed by atoms with Crippen molar-refractivity contribution < 1.29 is 0 Å². The molecule has 0 spiro atoms. The minimum Gasteiger partial charge on any atom is -0.354 e. The van der Waals surface area contributed by atoms with Crippen molar-refractivity contribution in [2.45, 2.75) is 25.2 Å². The van der Waals surface area contributed by atoms with Crippen LogP contribution in [0.15, 0.2) is 42.6 Å². The molecule has 1 aromatic carbocycles. The fraction of sp³-hybridized carbons (Fsp3) is 0.474. The van der Waals surface area contributed by atoms with Gasteiger partial charge in [-0.25, -0.2) is 9.97 Å². The summed E-state index contributed by atoms with van der Waals surface area (Å²) in [4.78, 5) is 14.2. The second-order valence-electron chi connectivity index (χ2n) is 6.61. The average molecular weight is 308 g/mol. The van der Waals surface area contributed by atoms with Crippen molar-refractivity contribution in [3.8, 4) is 0 Å². The number of hydrogen-bond donors (Lipinski definition) is 0. The number of aromatic nitrogens is 2. The van der Waals surface area contributed by atoms with Gasteiger partial charge >= 0.3 is 0 Å². The standard InChI is InChI=1S/C19H24N4/c1-2-4-16(5-3-1)9-11-22-12-14-23(15-13-22)18-8-10-20-19(21-18)17-6-7-17/h1-5,8,10,17H,6-7,9,11-15H2. The Morgan fingerprint density at radius 1 is 0.957 bits per heavy atom. The minimum absolute atomic E-state index is 0.627. The smallest absolute Gasteiger partial charge is 0.133 e. The molecule has 4 nitrogen and oxygen atoms in total. The summed E-state index contributed by atoms with van der Waals surface area (Å²) in [6, 6.07) is 12.8. The molecule has 0 atom stereocenters. The predicted octanol–water partition coefficient (Wildman–Crippen LogP) is 2.72. The molecule has 1 aromatic heterocycles. The van der Waals surface area contributed by atoms with E-state index in [0.717, 1.165) is 50.8 Å². The lowest BCUT2D eigenvalue weighted by atomic mass is 10.1. The van der Waals surface area contributed by atoms with E-state index in [0.29, 0.717) is 5.92 Å². The summed E-state index contributed by atoms with van der Waals surface area (Å²) in [6.45, 7) is 5.52. The van der Waals surface area contributed by atoms with E-state index in [1.54, 1.807) is 0 Å². The van der Waals surface area contributed by atoms with Crippen molar-refractivity contribution in [2.75, 3.05) is 37.6 Å². The number of anilines is 1. The third-order valence-electron chi connectivity index (χ3n) is 4.86. The quantitative estimate of drug-likeness (QED) is 0.850. The van der Waals surface area contributed by atoms with E-state index in [1.807, 2.05) is 6.20 Å². The Kier molecular flexibility index (Phi) is 4.24. The lowest BCUT2D eigenvalue weighted by Gasteiger charge is -2.35. The summed E-state index contributed by atoms with van der Waals surface area (Å²) in [7, 11) is 0. The molecule has 1 saturated heterocycles. The summed E-state index contributed by atoms with van der Waals surface area (Å²) in [5.74, 6) is 2.79. The van der Waals surface area contributed by atoms with Crippen molar-refractivity contribution in [3.63, 3.8) is 0 Å². The Balaban J connectivity index is 1.29. The molecule has 1 aliphatic heterocycles. The van der Waals surface area contributed by atoms with Crippen molar-refractivity contribution in [3.05, 3.63) is 54.0 Å². The van der Waals surface area contributed by atoms with Crippen LogP contribution in [-0.4, -0.2) is 47.6 Å². The highest BCUT2D eigenvalue weighted by Crippen LogP contribution is 2.38. The predicted molar refractivity (Wildman–Crippen MR) is 92.8 cm³/mol. The van der Waals surface area contributed by atoms with Crippen LogP contribution in [0.4, 0.5) is 5.82 Å². The van der Waals surface area contributed by atoms with E-state index >= 15 is 0 Å². The van der Waals surface area contributed by atoms with E-state index in [9.17, 15) is 0 Å². The second kappa shape index (κ2) is 6.67. The van der Waals surface area contributed by atoms with Crippen LogP contribution in [-0.2, 0) is 6.42 Å². The number of nitrogens with zero attached hydrogens (tertiary/aromatic N) is 4. The first-order chi connectivity index (χ1) is 11.4. The van der Waals surface area contributed by atoms with Crippen LogP contribution < -0.4 is 4.90 Å². The van der Waals surface area contributed by atoms with Crippen LogP contribution >= 0.6 is 0 Å². The number of rotatable bonds is 5. The molecule has 2 aliphatic rings. The fourth-order valence-electron chi connectivity index (χ4n) is 3.21. The maximum atomic E-state index is 4.77.